The van der Waals surface area contributed by atoms with Gasteiger partial charge >= 0.3 is 0 Å². The molecule has 0 bridgehead atoms. The van der Waals surface area contributed by atoms with Gasteiger partial charge in [-0.1, -0.05) is 0 Å². The number of halogens is 1. The molecular weight excluding hydrogens is 186 g/mol. The lowest BCUT2D eigenvalue weighted by atomic mass is 9.92. The molecule has 2 rings (SSSR count). The molecule has 1 heterocycles. The molecule has 76 valence electrons. The van der Waals surface area contributed by atoms with E-state index in [-0.39, 0.29) is 0 Å². The average molecular weight is 204 g/mol. The smallest absolute Gasteiger partial charge is 0.0588 e. The maximum Gasteiger partial charge on any atom is 0.0588 e. The molecule has 1 aliphatic carbocycles. The van der Waals surface area contributed by atoms with Crippen molar-refractivity contribution in [3.8, 4) is 0 Å². The third-order valence-electron chi connectivity index (χ3n) is 3.00. The van der Waals surface area contributed by atoms with Gasteiger partial charge in [0.25, 0.3) is 0 Å². The van der Waals surface area contributed by atoms with Gasteiger partial charge in [0.2, 0.25) is 0 Å². The fourth-order valence-electron chi connectivity index (χ4n) is 2.04. The number of hydrogen-bond donors (Lipinski definition) is 1. The van der Waals surface area contributed by atoms with Crippen LogP contribution in [0.1, 0.15) is 32.1 Å². The van der Waals surface area contributed by atoms with Crippen molar-refractivity contribution in [2.75, 3.05) is 13.2 Å². The van der Waals surface area contributed by atoms with Crippen molar-refractivity contribution < 1.29 is 4.74 Å². The zero-order chi connectivity index (χ0) is 9.10. The van der Waals surface area contributed by atoms with Gasteiger partial charge in [-0.3, -0.25) is 0 Å². The normalized spacial score (nSPS) is 39.0. The van der Waals surface area contributed by atoms with Crippen LogP contribution in [-0.4, -0.2) is 30.7 Å². The van der Waals surface area contributed by atoms with Crippen molar-refractivity contribution in [1.29, 1.82) is 0 Å². The molecule has 1 aliphatic heterocycles. The van der Waals surface area contributed by atoms with Gasteiger partial charge in [0, 0.05) is 18.0 Å². The standard InChI is InChI=1S/C10H18ClNO/c11-8-6-9(7-8)12-4-3-10-2-1-5-13-10/h8-10,12H,1-7H2. The van der Waals surface area contributed by atoms with E-state index in [1.807, 2.05) is 0 Å². The highest BCUT2D eigenvalue weighted by molar-refractivity contribution is 6.21. The molecular formula is C10H18ClNO. The van der Waals surface area contributed by atoms with Gasteiger partial charge in [0.15, 0.2) is 0 Å². The Balaban J connectivity index is 1.49. The molecule has 0 spiro atoms. The minimum absolute atomic E-state index is 0.431. The van der Waals surface area contributed by atoms with Crippen LogP contribution in [0, 0.1) is 0 Å². The molecule has 2 fully saturated rings. The highest BCUT2D eigenvalue weighted by Crippen LogP contribution is 2.25. The Kier molecular flexibility index (Phi) is 3.47. The summed E-state index contributed by atoms with van der Waals surface area (Å²) in [7, 11) is 0. The molecule has 1 saturated carbocycles. The summed E-state index contributed by atoms with van der Waals surface area (Å²) in [5.41, 5.74) is 0. The van der Waals surface area contributed by atoms with Crippen molar-refractivity contribution >= 4 is 11.6 Å². The van der Waals surface area contributed by atoms with E-state index in [2.05, 4.69) is 5.32 Å². The maximum atomic E-state index is 5.89. The number of hydrogen-bond acceptors (Lipinski definition) is 2. The predicted molar refractivity (Wildman–Crippen MR) is 54.3 cm³/mol. The van der Waals surface area contributed by atoms with E-state index in [9.17, 15) is 0 Å². The third kappa shape index (κ3) is 2.83. The molecule has 0 aromatic heterocycles. The van der Waals surface area contributed by atoms with Gasteiger partial charge in [-0.15, -0.1) is 11.6 Å². The molecule has 1 N–H and O–H groups in total. The fourth-order valence-corrected chi connectivity index (χ4v) is 2.47. The summed E-state index contributed by atoms with van der Waals surface area (Å²) in [5, 5.41) is 3.94. The fraction of sp³-hybridized carbons (Fsp3) is 1.00. The van der Waals surface area contributed by atoms with Crippen LogP contribution in [-0.2, 0) is 4.74 Å². The lowest BCUT2D eigenvalue weighted by Crippen LogP contribution is -2.42. The number of alkyl halides is 1. The molecule has 13 heavy (non-hydrogen) atoms. The number of ether oxygens (including phenoxy) is 1. The van der Waals surface area contributed by atoms with Gasteiger partial charge in [0.05, 0.1) is 6.10 Å². The SMILES string of the molecule is ClC1CC(NCCC2CCCO2)C1. The minimum atomic E-state index is 0.431. The highest BCUT2D eigenvalue weighted by atomic mass is 35.5. The van der Waals surface area contributed by atoms with Gasteiger partial charge in [-0.2, -0.15) is 0 Å². The van der Waals surface area contributed by atoms with Crippen LogP contribution in [0.4, 0.5) is 0 Å². The predicted octanol–water partition coefficient (Wildman–Crippen LogP) is 1.91. The van der Waals surface area contributed by atoms with E-state index in [0.717, 1.165) is 26.0 Å². The summed E-state index contributed by atoms with van der Waals surface area (Å²) < 4.78 is 5.54. The van der Waals surface area contributed by atoms with Crippen molar-refractivity contribution in [1.82, 2.24) is 5.32 Å². The van der Waals surface area contributed by atoms with Crippen LogP contribution >= 0.6 is 11.6 Å². The zero-order valence-corrected chi connectivity index (χ0v) is 8.72. The second kappa shape index (κ2) is 4.63. The second-order valence-electron chi connectivity index (χ2n) is 4.14. The lowest BCUT2D eigenvalue weighted by molar-refractivity contribution is 0.102. The molecule has 2 aliphatic rings. The Morgan fingerprint density at radius 3 is 2.85 bits per heavy atom. The molecule has 0 aromatic carbocycles. The summed E-state index contributed by atoms with van der Waals surface area (Å²) in [6.45, 7) is 2.07. The first-order chi connectivity index (χ1) is 6.34. The minimum Gasteiger partial charge on any atom is -0.378 e. The van der Waals surface area contributed by atoms with E-state index in [0.29, 0.717) is 17.5 Å². The molecule has 0 radical (unpaired) electrons. The monoisotopic (exact) mass is 203 g/mol. The molecule has 1 unspecified atom stereocenters. The largest absolute Gasteiger partial charge is 0.378 e. The molecule has 3 heteroatoms. The Hall–Kier alpha value is 0.210. The first kappa shape index (κ1) is 9.75. The van der Waals surface area contributed by atoms with Gasteiger partial charge in [-0.25, -0.2) is 0 Å². The van der Waals surface area contributed by atoms with Crippen LogP contribution in [0.2, 0.25) is 0 Å². The van der Waals surface area contributed by atoms with Crippen LogP contribution in [0.5, 0.6) is 0 Å². The Morgan fingerprint density at radius 2 is 2.23 bits per heavy atom. The molecule has 2 nitrogen and oxygen atoms in total. The van der Waals surface area contributed by atoms with Crippen LogP contribution in [0.25, 0.3) is 0 Å². The van der Waals surface area contributed by atoms with E-state index in [1.54, 1.807) is 0 Å². The summed E-state index contributed by atoms with van der Waals surface area (Å²) in [6.07, 6.45) is 6.49. The Morgan fingerprint density at radius 1 is 1.38 bits per heavy atom. The number of rotatable bonds is 4. The van der Waals surface area contributed by atoms with E-state index < -0.39 is 0 Å². The third-order valence-corrected chi connectivity index (χ3v) is 3.36. The zero-order valence-electron chi connectivity index (χ0n) is 7.97. The Labute approximate surface area is 85.0 Å². The summed E-state index contributed by atoms with van der Waals surface area (Å²) >= 11 is 5.89. The quantitative estimate of drug-likeness (QED) is 0.705. The Bertz CT molecular complexity index is 153. The van der Waals surface area contributed by atoms with Crippen molar-refractivity contribution in [3.05, 3.63) is 0 Å². The average Bonchev–Trinajstić information content (AvgIpc) is 2.53. The van der Waals surface area contributed by atoms with E-state index >= 15 is 0 Å². The topological polar surface area (TPSA) is 21.3 Å². The van der Waals surface area contributed by atoms with Gasteiger partial charge in [-0.05, 0) is 38.6 Å². The van der Waals surface area contributed by atoms with Crippen molar-refractivity contribution in [2.24, 2.45) is 0 Å². The highest BCUT2D eigenvalue weighted by Gasteiger charge is 2.26. The molecule has 0 amide bonds. The van der Waals surface area contributed by atoms with E-state index in [1.165, 1.54) is 19.3 Å². The van der Waals surface area contributed by atoms with Crippen molar-refractivity contribution in [2.45, 2.75) is 49.6 Å². The first-order valence-corrected chi connectivity index (χ1v) is 5.77. The van der Waals surface area contributed by atoms with Crippen LogP contribution < -0.4 is 5.32 Å². The van der Waals surface area contributed by atoms with Crippen molar-refractivity contribution in [3.63, 3.8) is 0 Å². The summed E-state index contributed by atoms with van der Waals surface area (Å²) in [6, 6.07) is 0.684. The number of nitrogens with one attached hydrogen (secondary N) is 1. The summed E-state index contributed by atoms with van der Waals surface area (Å²) in [4.78, 5) is 0. The maximum absolute atomic E-state index is 5.89. The van der Waals surface area contributed by atoms with Gasteiger partial charge in [0.1, 0.15) is 0 Å². The molecule has 1 atom stereocenters. The molecule has 1 saturated heterocycles. The van der Waals surface area contributed by atoms with Crippen LogP contribution in [0.3, 0.4) is 0 Å². The van der Waals surface area contributed by atoms with E-state index in [4.69, 9.17) is 16.3 Å². The second-order valence-corrected chi connectivity index (χ2v) is 4.76. The van der Waals surface area contributed by atoms with Crippen LogP contribution in [0.15, 0.2) is 0 Å². The first-order valence-electron chi connectivity index (χ1n) is 5.33. The van der Waals surface area contributed by atoms with Gasteiger partial charge < -0.3 is 10.1 Å². The summed E-state index contributed by atoms with van der Waals surface area (Å²) in [5.74, 6) is 0. The molecule has 0 aromatic rings. The lowest BCUT2D eigenvalue weighted by Gasteiger charge is -2.32.